The molecule has 0 spiro atoms. The van der Waals surface area contributed by atoms with Gasteiger partial charge in [-0.2, -0.15) is 0 Å². The molecule has 0 aliphatic heterocycles. The van der Waals surface area contributed by atoms with Gasteiger partial charge in [0.25, 0.3) is 0 Å². The van der Waals surface area contributed by atoms with Crippen LogP contribution in [0.15, 0.2) is 69.9 Å². The lowest BCUT2D eigenvalue weighted by Crippen LogP contribution is -2.02. The van der Waals surface area contributed by atoms with Crippen LogP contribution >= 0.6 is 0 Å². The molecule has 0 atom stereocenters. The highest BCUT2D eigenvalue weighted by atomic mass is 19.1. The lowest BCUT2D eigenvalue weighted by molar-refractivity contribution is 0.292. The zero-order valence-electron chi connectivity index (χ0n) is 13.0. The van der Waals surface area contributed by atoms with E-state index in [1.54, 1.807) is 30.3 Å². The summed E-state index contributed by atoms with van der Waals surface area (Å²) in [6.45, 7) is -0.262. The monoisotopic (exact) mass is 338 g/mol. The van der Waals surface area contributed by atoms with Gasteiger partial charge in [0.2, 0.25) is 0 Å². The number of benzene rings is 3. The van der Waals surface area contributed by atoms with Crippen molar-refractivity contribution in [3.8, 4) is 5.75 Å². The molecule has 3 aromatic carbocycles. The molecule has 0 amide bonds. The Labute approximate surface area is 141 Å². The molecule has 0 aliphatic carbocycles. The summed E-state index contributed by atoms with van der Waals surface area (Å²) >= 11 is 0. The minimum absolute atomic E-state index is 0.150. The van der Waals surface area contributed by atoms with Crippen LogP contribution in [0.2, 0.25) is 0 Å². The van der Waals surface area contributed by atoms with E-state index in [9.17, 15) is 13.6 Å². The molecular weight excluding hydrogens is 326 g/mol. The van der Waals surface area contributed by atoms with Gasteiger partial charge in [-0.15, -0.1) is 0 Å². The van der Waals surface area contributed by atoms with Crippen molar-refractivity contribution >= 4 is 21.7 Å². The minimum Gasteiger partial charge on any atom is -0.489 e. The minimum atomic E-state index is -0.668. The van der Waals surface area contributed by atoms with Gasteiger partial charge >= 0.3 is 5.63 Å². The van der Waals surface area contributed by atoms with Crippen molar-refractivity contribution in [2.45, 2.75) is 6.61 Å². The second-order valence-electron chi connectivity index (χ2n) is 5.58. The fourth-order valence-corrected chi connectivity index (χ4v) is 2.78. The van der Waals surface area contributed by atoms with Crippen molar-refractivity contribution in [1.29, 1.82) is 0 Å². The smallest absolute Gasteiger partial charge is 0.344 e. The summed E-state index contributed by atoms with van der Waals surface area (Å²) in [5, 5.41) is 2.04. The first-order chi connectivity index (χ1) is 12.1. The van der Waals surface area contributed by atoms with Gasteiger partial charge in [0.05, 0.1) is 10.9 Å². The maximum atomic E-state index is 13.7. The van der Waals surface area contributed by atoms with Gasteiger partial charge in [-0.25, -0.2) is 13.6 Å². The zero-order valence-corrected chi connectivity index (χ0v) is 13.0. The highest BCUT2D eigenvalue weighted by molar-refractivity contribution is 6.04. The maximum absolute atomic E-state index is 13.7. The summed E-state index contributed by atoms with van der Waals surface area (Å²) in [6, 6.07) is 15.8. The van der Waals surface area contributed by atoms with Crippen LogP contribution in [-0.2, 0) is 6.61 Å². The van der Waals surface area contributed by atoms with E-state index >= 15 is 0 Å². The Bertz CT molecular complexity index is 1130. The Kier molecular flexibility index (Phi) is 3.69. The Balaban J connectivity index is 1.72. The molecule has 0 radical (unpaired) electrons. The van der Waals surface area contributed by atoms with Crippen LogP contribution in [0.4, 0.5) is 8.78 Å². The van der Waals surface area contributed by atoms with Crippen LogP contribution in [0, 0.1) is 11.6 Å². The number of hydrogen-bond acceptors (Lipinski definition) is 3. The summed E-state index contributed by atoms with van der Waals surface area (Å²) in [5.74, 6) is -0.981. The predicted molar refractivity (Wildman–Crippen MR) is 90.7 cm³/mol. The van der Waals surface area contributed by atoms with Gasteiger partial charge < -0.3 is 9.15 Å². The van der Waals surface area contributed by atoms with Gasteiger partial charge in [-0.1, -0.05) is 24.3 Å². The average Bonchev–Trinajstić information content (AvgIpc) is 2.61. The van der Waals surface area contributed by atoms with Crippen LogP contribution in [0.1, 0.15) is 5.56 Å². The largest absolute Gasteiger partial charge is 0.489 e. The molecule has 0 bridgehead atoms. The zero-order chi connectivity index (χ0) is 17.4. The van der Waals surface area contributed by atoms with E-state index in [-0.39, 0.29) is 12.2 Å². The average molecular weight is 338 g/mol. The summed E-state index contributed by atoms with van der Waals surface area (Å²) in [7, 11) is 0. The number of rotatable bonds is 3. The van der Waals surface area contributed by atoms with E-state index in [4.69, 9.17) is 9.15 Å². The molecule has 0 aliphatic rings. The molecule has 0 unspecified atom stereocenters. The maximum Gasteiger partial charge on any atom is 0.344 e. The summed E-state index contributed by atoms with van der Waals surface area (Å²) in [4.78, 5) is 12.1. The van der Waals surface area contributed by atoms with Crippen LogP contribution in [0.5, 0.6) is 5.75 Å². The van der Waals surface area contributed by atoms with Crippen LogP contribution in [0.25, 0.3) is 21.7 Å². The van der Waals surface area contributed by atoms with E-state index in [1.807, 2.05) is 12.1 Å². The molecule has 1 aromatic heterocycles. The molecule has 5 heteroatoms. The quantitative estimate of drug-likeness (QED) is 0.398. The van der Waals surface area contributed by atoms with E-state index < -0.39 is 17.3 Å². The van der Waals surface area contributed by atoms with E-state index in [0.717, 1.165) is 10.8 Å². The Hall–Kier alpha value is -3.21. The van der Waals surface area contributed by atoms with Crippen molar-refractivity contribution in [2.24, 2.45) is 0 Å². The Morgan fingerprint density at radius 2 is 1.56 bits per heavy atom. The van der Waals surface area contributed by atoms with Crippen molar-refractivity contribution in [2.75, 3.05) is 0 Å². The highest BCUT2D eigenvalue weighted by Gasteiger charge is 2.11. The fraction of sp³-hybridized carbons (Fsp3) is 0.0500. The van der Waals surface area contributed by atoms with Crippen molar-refractivity contribution in [3.05, 3.63) is 88.3 Å². The lowest BCUT2D eigenvalue weighted by Gasteiger charge is -2.09. The van der Waals surface area contributed by atoms with Crippen LogP contribution in [0.3, 0.4) is 0 Å². The molecule has 0 N–H and O–H groups in total. The number of ether oxygens (including phenoxy) is 1. The molecule has 124 valence electrons. The van der Waals surface area contributed by atoms with Gasteiger partial charge in [0.1, 0.15) is 29.6 Å². The van der Waals surface area contributed by atoms with Gasteiger partial charge in [0, 0.05) is 11.5 Å². The summed E-state index contributed by atoms with van der Waals surface area (Å²) < 4.78 is 38.1. The number of hydrogen-bond donors (Lipinski definition) is 0. The third-order valence-electron chi connectivity index (χ3n) is 4.04. The molecule has 0 saturated heterocycles. The Morgan fingerprint density at radius 1 is 0.840 bits per heavy atom. The van der Waals surface area contributed by atoms with Crippen LogP contribution < -0.4 is 10.4 Å². The highest BCUT2D eigenvalue weighted by Crippen LogP contribution is 2.27. The first-order valence-corrected chi connectivity index (χ1v) is 7.65. The normalized spacial score (nSPS) is 11.1. The first-order valence-electron chi connectivity index (χ1n) is 7.65. The molecule has 25 heavy (non-hydrogen) atoms. The van der Waals surface area contributed by atoms with Crippen LogP contribution in [-0.4, -0.2) is 0 Å². The molecule has 0 fully saturated rings. The van der Waals surface area contributed by atoms with E-state index in [1.165, 1.54) is 18.2 Å². The van der Waals surface area contributed by atoms with Gasteiger partial charge in [-0.05, 0) is 35.7 Å². The molecule has 1 heterocycles. The second-order valence-corrected chi connectivity index (χ2v) is 5.58. The predicted octanol–water partition coefficient (Wildman–Crippen LogP) is 4.80. The first kappa shape index (κ1) is 15.3. The second kappa shape index (κ2) is 6.02. The van der Waals surface area contributed by atoms with E-state index in [0.29, 0.717) is 16.7 Å². The molecule has 3 nitrogen and oxygen atoms in total. The lowest BCUT2D eigenvalue weighted by atomic mass is 10.1. The van der Waals surface area contributed by atoms with Crippen molar-refractivity contribution < 1.29 is 17.9 Å². The fourth-order valence-electron chi connectivity index (χ4n) is 2.78. The molecular formula is C20H12F2O3. The van der Waals surface area contributed by atoms with Crippen molar-refractivity contribution in [1.82, 2.24) is 0 Å². The van der Waals surface area contributed by atoms with E-state index in [2.05, 4.69) is 0 Å². The number of halogens is 2. The third-order valence-corrected chi connectivity index (χ3v) is 4.04. The molecule has 4 rings (SSSR count). The van der Waals surface area contributed by atoms with Crippen molar-refractivity contribution in [3.63, 3.8) is 0 Å². The Morgan fingerprint density at radius 3 is 2.32 bits per heavy atom. The topological polar surface area (TPSA) is 39.4 Å². The summed E-state index contributed by atoms with van der Waals surface area (Å²) in [5.41, 5.74) is -0.238. The van der Waals surface area contributed by atoms with Gasteiger partial charge in [-0.3, -0.25) is 0 Å². The molecule has 0 saturated carbocycles. The summed E-state index contributed by atoms with van der Waals surface area (Å²) in [6.07, 6.45) is 0. The SMILES string of the molecule is O=c1oc2cc(OCc3c(F)cccc3F)ccc2c2ccccc12. The number of fused-ring (bicyclic) bond motifs is 3. The third kappa shape index (κ3) is 2.74. The standard InChI is InChI=1S/C20H12F2O3/c21-17-6-3-7-18(22)16(17)11-24-12-8-9-14-13-4-1-2-5-15(13)20(23)25-19(14)10-12/h1-10H,11H2. The molecule has 4 aromatic rings. The van der Waals surface area contributed by atoms with Gasteiger partial charge in [0.15, 0.2) is 0 Å².